The number of hydrogen-bond acceptors (Lipinski definition) is 7. The average molecular weight is 655 g/mol. The number of aromatic hydroxyl groups is 1. The number of aryl methyl sites for hydroxylation is 1. The number of amides is 1. The third-order valence-corrected chi connectivity index (χ3v) is 13.3. The zero-order valence-electron chi connectivity index (χ0n) is 25.8. The molecule has 10 heteroatoms. The number of hydrogen-bond donors (Lipinski definition) is 2. The molecule has 0 aromatic heterocycles. The van der Waals surface area contributed by atoms with Crippen LogP contribution in [0.4, 0.5) is 5.69 Å². The van der Waals surface area contributed by atoms with Gasteiger partial charge < -0.3 is 19.5 Å². The topological polar surface area (TPSA) is 105 Å². The zero-order valence-corrected chi connectivity index (χ0v) is 27.4. The van der Waals surface area contributed by atoms with Crippen LogP contribution >= 0.6 is 11.6 Å². The first-order valence-electron chi connectivity index (χ1n) is 16.5. The van der Waals surface area contributed by atoms with Crippen molar-refractivity contribution in [2.75, 3.05) is 31.2 Å². The van der Waals surface area contributed by atoms with E-state index in [-0.39, 0.29) is 23.2 Å². The largest absolute Gasteiger partial charge is 0.506 e. The molecule has 2 bridgehead atoms. The van der Waals surface area contributed by atoms with Crippen molar-refractivity contribution < 1.29 is 27.8 Å². The Morgan fingerprint density at radius 1 is 1.11 bits per heavy atom. The van der Waals surface area contributed by atoms with Gasteiger partial charge in [0, 0.05) is 30.7 Å². The van der Waals surface area contributed by atoms with Gasteiger partial charge in [-0.25, -0.2) is 13.1 Å². The van der Waals surface area contributed by atoms with Gasteiger partial charge in [-0.15, -0.1) is 0 Å². The minimum absolute atomic E-state index is 0.0777. The van der Waals surface area contributed by atoms with E-state index in [2.05, 4.69) is 21.8 Å². The van der Waals surface area contributed by atoms with Gasteiger partial charge in [0.25, 0.3) is 5.91 Å². The second-order valence-corrected chi connectivity index (χ2v) is 16.3. The van der Waals surface area contributed by atoms with Crippen molar-refractivity contribution in [3.8, 4) is 11.5 Å². The van der Waals surface area contributed by atoms with Crippen LogP contribution in [-0.2, 0) is 26.6 Å². The maximum Gasteiger partial charge on any atom is 0.264 e. The minimum atomic E-state index is -3.98. The number of ether oxygens (including phenoxy) is 2. The average Bonchev–Trinajstić information content (AvgIpc) is 3.11. The van der Waals surface area contributed by atoms with Crippen LogP contribution in [0.25, 0.3) is 0 Å². The fourth-order valence-corrected chi connectivity index (χ4v) is 10.0. The van der Waals surface area contributed by atoms with Gasteiger partial charge in [0.15, 0.2) is 0 Å². The number of carbonyl (C=O) groups excluding carboxylic acids is 1. The van der Waals surface area contributed by atoms with Crippen molar-refractivity contribution in [1.29, 1.82) is 0 Å². The van der Waals surface area contributed by atoms with E-state index in [4.69, 9.17) is 21.1 Å². The lowest BCUT2D eigenvalue weighted by Gasteiger charge is -2.44. The lowest BCUT2D eigenvalue weighted by atomic mass is 9.69. The van der Waals surface area contributed by atoms with Gasteiger partial charge in [-0.3, -0.25) is 4.79 Å². The summed E-state index contributed by atoms with van der Waals surface area (Å²) in [7, 11) is -3.98. The molecule has 0 unspecified atom stereocenters. The Morgan fingerprint density at radius 2 is 1.91 bits per heavy atom. The number of phenolic OH excluding ortho intramolecular Hbond substituents is 1. The minimum Gasteiger partial charge on any atom is -0.506 e. The second-order valence-electron chi connectivity index (χ2n) is 14.0. The van der Waals surface area contributed by atoms with Crippen LogP contribution in [0.3, 0.4) is 0 Å². The van der Waals surface area contributed by atoms with Gasteiger partial charge in [-0.1, -0.05) is 30.7 Å². The first kappa shape index (κ1) is 30.9. The Kier molecular flexibility index (Phi) is 8.32. The Bertz CT molecular complexity index is 1610. The Balaban J connectivity index is 1.26. The molecule has 1 amide bonds. The number of benzene rings is 2. The molecule has 3 heterocycles. The molecular formula is C35H43ClN2O6S. The molecule has 1 saturated heterocycles. The van der Waals surface area contributed by atoms with Crippen LogP contribution in [0.2, 0.25) is 5.02 Å². The molecular weight excluding hydrogens is 612 g/mol. The number of fused-ring (bicyclic) bond motifs is 4. The Hall–Kier alpha value is -2.75. The highest BCUT2D eigenvalue weighted by Crippen LogP contribution is 2.48. The summed E-state index contributed by atoms with van der Waals surface area (Å²) in [5.74, 6) is 1.00. The molecule has 2 aromatic rings. The Morgan fingerprint density at radius 3 is 2.67 bits per heavy atom. The van der Waals surface area contributed by atoms with E-state index in [0.29, 0.717) is 60.8 Å². The third-order valence-electron chi connectivity index (χ3n) is 11.1. The van der Waals surface area contributed by atoms with Gasteiger partial charge in [0.2, 0.25) is 10.0 Å². The highest BCUT2D eigenvalue weighted by molar-refractivity contribution is 7.90. The number of halogens is 1. The third kappa shape index (κ3) is 5.96. The summed E-state index contributed by atoms with van der Waals surface area (Å²) in [5, 5.41) is 10.3. The molecule has 8 nitrogen and oxygen atoms in total. The van der Waals surface area contributed by atoms with E-state index in [1.165, 1.54) is 6.42 Å². The van der Waals surface area contributed by atoms with E-state index in [1.54, 1.807) is 18.2 Å². The molecule has 2 aromatic carbocycles. The monoisotopic (exact) mass is 654 g/mol. The molecule has 45 heavy (non-hydrogen) atoms. The summed E-state index contributed by atoms with van der Waals surface area (Å²) in [4.78, 5) is 16.0. The number of carbonyl (C=O) groups is 1. The van der Waals surface area contributed by atoms with Crippen LogP contribution in [0, 0.1) is 17.8 Å². The number of rotatable bonds is 2. The van der Waals surface area contributed by atoms with Crippen LogP contribution < -0.4 is 14.4 Å². The highest BCUT2D eigenvalue weighted by Gasteiger charge is 2.44. The lowest BCUT2D eigenvalue weighted by Crippen LogP contribution is -2.48. The molecule has 2 N–H and O–H groups in total. The van der Waals surface area contributed by atoms with Crippen molar-refractivity contribution in [3.63, 3.8) is 0 Å². The summed E-state index contributed by atoms with van der Waals surface area (Å²) in [5.41, 5.74) is 2.94. The molecule has 5 aliphatic rings. The van der Waals surface area contributed by atoms with E-state index in [1.807, 2.05) is 19.1 Å². The molecule has 3 aliphatic heterocycles. The van der Waals surface area contributed by atoms with Gasteiger partial charge in [0.05, 0.1) is 28.7 Å². The summed E-state index contributed by atoms with van der Waals surface area (Å²) in [6.45, 7) is 4.52. The molecule has 7 rings (SSSR count). The maximum atomic E-state index is 13.7. The van der Waals surface area contributed by atoms with Crippen molar-refractivity contribution in [1.82, 2.24) is 4.72 Å². The number of anilines is 1. The smallest absolute Gasteiger partial charge is 0.264 e. The molecule has 6 atom stereocenters. The standard InChI is InChI=1S/C35H43ClN2O6S/c1-22-5-2-3-6-23-8-9-26(23)19-38-20-35(13-4-7-24-15-29(36)31(39)18-28(24)35)21-44-32-11-10-25(16-30(32)38)34(40)37-45(41,42)33(22)17-27-12-14-43-27/h2-3,10-11,15-16,18,22-23,26-27,33,39H,4-9,12-14,17,19-21H2,1H3,(H,37,40)/b3-2-/t22-,23-,26-,27-,33-,35-/m0/s1. The van der Waals surface area contributed by atoms with E-state index >= 15 is 0 Å². The molecule has 242 valence electrons. The fourth-order valence-electron chi connectivity index (χ4n) is 8.14. The first-order chi connectivity index (χ1) is 21.6. The van der Waals surface area contributed by atoms with Crippen molar-refractivity contribution >= 4 is 33.2 Å². The number of allylic oxidation sites excluding steroid dienone is 2. The molecule has 1 spiro atoms. The number of sulfonamides is 1. The summed E-state index contributed by atoms with van der Waals surface area (Å²) < 4.78 is 42.1. The zero-order chi connectivity index (χ0) is 31.3. The molecule has 0 radical (unpaired) electrons. The normalized spacial score (nSPS) is 33.3. The quantitative estimate of drug-likeness (QED) is 0.375. The lowest BCUT2D eigenvalue weighted by molar-refractivity contribution is -0.0563. The molecule has 2 aliphatic carbocycles. The highest BCUT2D eigenvalue weighted by atomic mass is 35.5. The summed E-state index contributed by atoms with van der Waals surface area (Å²) >= 11 is 6.34. The van der Waals surface area contributed by atoms with Crippen LogP contribution in [0.5, 0.6) is 11.5 Å². The number of nitrogens with zero attached hydrogens (tertiary/aromatic N) is 1. The first-order valence-corrected chi connectivity index (χ1v) is 18.4. The number of phenols is 1. The van der Waals surface area contributed by atoms with E-state index < -0.39 is 21.2 Å². The predicted molar refractivity (Wildman–Crippen MR) is 175 cm³/mol. The van der Waals surface area contributed by atoms with Crippen molar-refractivity contribution in [2.45, 2.75) is 81.5 Å². The van der Waals surface area contributed by atoms with Crippen molar-refractivity contribution in [3.05, 3.63) is 64.2 Å². The van der Waals surface area contributed by atoms with E-state index in [0.717, 1.165) is 61.9 Å². The van der Waals surface area contributed by atoms with E-state index in [9.17, 15) is 18.3 Å². The van der Waals surface area contributed by atoms with Gasteiger partial charge >= 0.3 is 0 Å². The fraction of sp³-hybridized carbons (Fsp3) is 0.571. The van der Waals surface area contributed by atoms with Crippen LogP contribution in [0.1, 0.15) is 79.8 Å². The van der Waals surface area contributed by atoms with Crippen LogP contribution in [0.15, 0.2) is 42.5 Å². The van der Waals surface area contributed by atoms with Gasteiger partial charge in [0.1, 0.15) is 11.5 Å². The molecule has 1 saturated carbocycles. The number of nitrogens with one attached hydrogen (secondary N) is 1. The summed E-state index contributed by atoms with van der Waals surface area (Å²) in [6.07, 6.45) is 12.2. The summed E-state index contributed by atoms with van der Waals surface area (Å²) in [6, 6.07) is 8.97. The van der Waals surface area contributed by atoms with Gasteiger partial charge in [-0.2, -0.15) is 0 Å². The SMILES string of the molecule is C[C@H]1C/C=C\C[C@H]2CC[C@H]2CN2C[C@@]3(CCCc4cc(Cl)c(O)cc43)COc3ccc(cc32)C(=O)NS(=O)(=O)[C@H]1C[C@@H]1CCO1. The maximum absolute atomic E-state index is 13.7. The van der Waals surface area contributed by atoms with Crippen molar-refractivity contribution in [2.24, 2.45) is 17.8 Å². The van der Waals surface area contributed by atoms with Crippen LogP contribution in [-0.4, -0.2) is 57.1 Å². The predicted octanol–water partition coefficient (Wildman–Crippen LogP) is 6.14. The molecule has 2 fully saturated rings. The second kappa shape index (κ2) is 12.1. The van der Waals surface area contributed by atoms with Gasteiger partial charge in [-0.05, 0) is 117 Å². The Labute approximate surface area is 271 Å².